The van der Waals surface area contributed by atoms with Crippen LogP contribution < -0.4 is 20.1 Å². The first-order chi connectivity index (χ1) is 15.6. The first-order valence-electron chi connectivity index (χ1n) is 11.7. The van der Waals surface area contributed by atoms with Crippen LogP contribution in [0.2, 0.25) is 0 Å². The van der Waals surface area contributed by atoms with Crippen molar-refractivity contribution < 1.29 is 19.1 Å². The Kier molecular flexibility index (Phi) is 11.7. The van der Waals surface area contributed by atoms with Crippen molar-refractivity contribution in [2.45, 2.75) is 65.2 Å². The van der Waals surface area contributed by atoms with Gasteiger partial charge in [0.2, 0.25) is 0 Å². The van der Waals surface area contributed by atoms with Crippen LogP contribution in [0.1, 0.15) is 63.5 Å². The van der Waals surface area contributed by atoms with E-state index in [2.05, 4.69) is 24.5 Å². The van der Waals surface area contributed by atoms with Gasteiger partial charge in [0.15, 0.2) is 0 Å². The fourth-order valence-electron chi connectivity index (χ4n) is 3.41. The van der Waals surface area contributed by atoms with Crippen molar-refractivity contribution in [2.75, 3.05) is 13.1 Å². The number of unbranched alkanes of at least 4 members (excludes halogenated alkanes) is 3. The Balaban J connectivity index is 1.53. The van der Waals surface area contributed by atoms with Gasteiger partial charge in [0.25, 0.3) is 0 Å². The average Bonchev–Trinajstić information content (AvgIpc) is 2.78. The molecule has 0 fully saturated rings. The first kappa shape index (κ1) is 25.2. The van der Waals surface area contributed by atoms with E-state index in [-0.39, 0.29) is 0 Å². The Morgan fingerprint density at radius 2 is 1.06 bits per heavy atom. The van der Waals surface area contributed by atoms with Crippen molar-refractivity contribution in [1.29, 1.82) is 0 Å². The molecule has 6 nitrogen and oxygen atoms in total. The summed E-state index contributed by atoms with van der Waals surface area (Å²) in [5, 5.41) is 5.60. The van der Waals surface area contributed by atoms with Gasteiger partial charge in [-0.05, 0) is 48.9 Å². The molecule has 174 valence electrons. The molecule has 0 aliphatic rings. The normalized spacial score (nSPS) is 10.4. The number of aryl methyl sites for hydroxylation is 2. The molecule has 0 saturated carbocycles. The molecular formula is C26H36N2O4. The molecule has 6 heteroatoms. The van der Waals surface area contributed by atoms with Crippen LogP contribution >= 0.6 is 0 Å². The zero-order valence-corrected chi connectivity index (χ0v) is 19.3. The number of hydrogen-bond acceptors (Lipinski definition) is 4. The molecule has 0 aliphatic carbocycles. The van der Waals surface area contributed by atoms with E-state index < -0.39 is 12.2 Å². The SMILES string of the molecule is CCCc1ccccc1OC(=O)NCCCCCCNC(=O)Oc1ccccc1CCC. The van der Waals surface area contributed by atoms with Gasteiger partial charge in [0, 0.05) is 13.1 Å². The number of carbonyl (C=O) groups is 2. The smallest absolute Gasteiger partial charge is 0.410 e. The second-order valence-corrected chi connectivity index (χ2v) is 7.76. The van der Waals surface area contributed by atoms with E-state index in [0.717, 1.165) is 62.5 Å². The van der Waals surface area contributed by atoms with Crippen LogP contribution in [-0.4, -0.2) is 25.3 Å². The second-order valence-electron chi connectivity index (χ2n) is 7.76. The summed E-state index contributed by atoms with van der Waals surface area (Å²) in [5.41, 5.74) is 2.09. The van der Waals surface area contributed by atoms with Crippen LogP contribution in [0.15, 0.2) is 48.5 Å². The molecule has 2 rings (SSSR count). The lowest BCUT2D eigenvalue weighted by atomic mass is 10.1. The Bertz CT molecular complexity index is 769. The van der Waals surface area contributed by atoms with Crippen molar-refractivity contribution >= 4 is 12.2 Å². The van der Waals surface area contributed by atoms with Gasteiger partial charge in [-0.15, -0.1) is 0 Å². The Morgan fingerprint density at radius 1 is 0.656 bits per heavy atom. The monoisotopic (exact) mass is 440 g/mol. The predicted octanol–water partition coefficient (Wildman–Crippen LogP) is 6.03. The number of ether oxygens (including phenoxy) is 2. The number of para-hydroxylation sites is 2. The van der Waals surface area contributed by atoms with Crippen LogP contribution in [0.25, 0.3) is 0 Å². The average molecular weight is 441 g/mol. The molecule has 0 unspecified atom stereocenters. The molecule has 0 radical (unpaired) electrons. The largest absolute Gasteiger partial charge is 0.412 e. The molecule has 0 atom stereocenters. The summed E-state index contributed by atoms with van der Waals surface area (Å²) in [6.07, 6.45) is 6.59. The molecule has 0 bridgehead atoms. The minimum atomic E-state index is -0.415. The molecule has 2 amide bonds. The molecule has 0 heterocycles. The van der Waals surface area contributed by atoms with Crippen LogP contribution in [-0.2, 0) is 12.8 Å². The minimum Gasteiger partial charge on any atom is -0.410 e. The van der Waals surface area contributed by atoms with E-state index in [1.807, 2.05) is 48.5 Å². The third-order valence-corrected chi connectivity index (χ3v) is 5.03. The van der Waals surface area contributed by atoms with Gasteiger partial charge >= 0.3 is 12.2 Å². The molecule has 2 aromatic rings. The standard InChI is InChI=1S/C26H36N2O4/c1-3-13-21-15-7-9-17-23(21)31-25(29)27-19-11-5-6-12-20-28-26(30)32-24-18-10-8-16-22(24)14-4-2/h7-10,15-18H,3-6,11-14,19-20H2,1-2H3,(H,27,29)(H,28,30). The summed E-state index contributed by atoms with van der Waals surface area (Å²) in [6.45, 7) is 5.33. The van der Waals surface area contributed by atoms with Crippen LogP contribution in [0.3, 0.4) is 0 Å². The second kappa shape index (κ2) is 14.9. The number of amides is 2. The van der Waals surface area contributed by atoms with Crippen molar-refractivity contribution in [3.05, 3.63) is 59.7 Å². The Labute approximate surface area is 191 Å². The zero-order valence-electron chi connectivity index (χ0n) is 19.3. The molecule has 32 heavy (non-hydrogen) atoms. The maximum Gasteiger partial charge on any atom is 0.412 e. The fraction of sp³-hybridized carbons (Fsp3) is 0.462. The topological polar surface area (TPSA) is 76.7 Å². The van der Waals surface area contributed by atoms with Gasteiger partial charge in [0.1, 0.15) is 11.5 Å². The summed E-state index contributed by atoms with van der Waals surface area (Å²) in [4.78, 5) is 24.0. The molecular weight excluding hydrogens is 404 g/mol. The van der Waals surface area contributed by atoms with E-state index in [4.69, 9.17) is 9.47 Å². The lowest BCUT2D eigenvalue weighted by molar-refractivity contribution is 0.198. The van der Waals surface area contributed by atoms with Crippen LogP contribution in [0.5, 0.6) is 11.5 Å². The van der Waals surface area contributed by atoms with Crippen molar-refractivity contribution in [3.63, 3.8) is 0 Å². The van der Waals surface area contributed by atoms with Crippen LogP contribution in [0, 0.1) is 0 Å². The third-order valence-electron chi connectivity index (χ3n) is 5.03. The van der Waals surface area contributed by atoms with Crippen molar-refractivity contribution in [2.24, 2.45) is 0 Å². The summed E-state index contributed by atoms with van der Waals surface area (Å²) in [5.74, 6) is 1.25. The molecule has 0 saturated heterocycles. The zero-order chi connectivity index (χ0) is 23.0. The molecule has 2 N–H and O–H groups in total. The highest BCUT2D eigenvalue weighted by molar-refractivity contribution is 5.71. The van der Waals surface area contributed by atoms with Gasteiger partial charge in [-0.3, -0.25) is 0 Å². The molecule has 0 aliphatic heterocycles. The maximum absolute atomic E-state index is 12.0. The highest BCUT2D eigenvalue weighted by Crippen LogP contribution is 2.20. The van der Waals surface area contributed by atoms with Gasteiger partial charge in [-0.1, -0.05) is 75.9 Å². The summed E-state index contributed by atoms with van der Waals surface area (Å²) >= 11 is 0. The number of rotatable bonds is 13. The quantitative estimate of drug-likeness (QED) is 0.373. The van der Waals surface area contributed by atoms with Gasteiger partial charge in [-0.25, -0.2) is 9.59 Å². The van der Waals surface area contributed by atoms with Gasteiger partial charge < -0.3 is 20.1 Å². The molecule has 0 aromatic heterocycles. The van der Waals surface area contributed by atoms with E-state index >= 15 is 0 Å². The molecule has 2 aromatic carbocycles. The highest BCUT2D eigenvalue weighted by atomic mass is 16.6. The number of benzene rings is 2. The lowest BCUT2D eigenvalue weighted by Crippen LogP contribution is -2.28. The molecule has 0 spiro atoms. The van der Waals surface area contributed by atoms with Crippen molar-refractivity contribution in [1.82, 2.24) is 10.6 Å². The Morgan fingerprint density at radius 3 is 1.47 bits per heavy atom. The minimum absolute atomic E-state index is 0.415. The lowest BCUT2D eigenvalue weighted by Gasteiger charge is -2.11. The number of nitrogens with one attached hydrogen (secondary N) is 2. The van der Waals surface area contributed by atoms with Crippen LogP contribution in [0.4, 0.5) is 9.59 Å². The fourth-order valence-corrected chi connectivity index (χ4v) is 3.41. The summed E-state index contributed by atoms with van der Waals surface area (Å²) < 4.78 is 10.9. The third kappa shape index (κ3) is 9.41. The predicted molar refractivity (Wildman–Crippen MR) is 127 cm³/mol. The van der Waals surface area contributed by atoms with E-state index in [0.29, 0.717) is 24.6 Å². The maximum atomic E-state index is 12.0. The summed E-state index contributed by atoms with van der Waals surface area (Å²) in [7, 11) is 0. The van der Waals surface area contributed by atoms with E-state index in [1.54, 1.807) is 0 Å². The van der Waals surface area contributed by atoms with E-state index in [1.165, 1.54) is 0 Å². The highest BCUT2D eigenvalue weighted by Gasteiger charge is 2.09. The van der Waals surface area contributed by atoms with Gasteiger partial charge in [0.05, 0.1) is 0 Å². The summed E-state index contributed by atoms with van der Waals surface area (Å²) in [6, 6.07) is 15.3. The number of carbonyl (C=O) groups excluding carboxylic acids is 2. The van der Waals surface area contributed by atoms with Crippen molar-refractivity contribution in [3.8, 4) is 11.5 Å². The Hall–Kier alpha value is -3.02. The number of hydrogen-bond donors (Lipinski definition) is 2. The van der Waals surface area contributed by atoms with Gasteiger partial charge in [-0.2, -0.15) is 0 Å². The van der Waals surface area contributed by atoms with E-state index in [9.17, 15) is 9.59 Å². The first-order valence-corrected chi connectivity index (χ1v) is 11.7.